The number of aliphatic hydroxyl groups excluding tert-OH is 1. The fourth-order valence-electron chi connectivity index (χ4n) is 2.69. The van der Waals surface area contributed by atoms with E-state index in [0.717, 1.165) is 29.6 Å². The van der Waals surface area contributed by atoms with Crippen molar-refractivity contribution in [2.75, 3.05) is 32.2 Å². The van der Waals surface area contributed by atoms with E-state index in [9.17, 15) is 4.79 Å². The van der Waals surface area contributed by atoms with E-state index in [1.54, 1.807) is 7.11 Å². The maximum atomic E-state index is 12.1. The Morgan fingerprint density at radius 3 is 2.92 bits per heavy atom. The third-order valence-corrected chi connectivity index (χ3v) is 4.23. The van der Waals surface area contributed by atoms with Gasteiger partial charge in [-0.3, -0.25) is 0 Å². The lowest BCUT2D eigenvalue weighted by Crippen LogP contribution is -2.33. The van der Waals surface area contributed by atoms with Crippen LogP contribution in [0.1, 0.15) is 19.8 Å². The van der Waals surface area contributed by atoms with E-state index in [-0.39, 0.29) is 12.6 Å². The van der Waals surface area contributed by atoms with Crippen LogP contribution in [0.3, 0.4) is 0 Å². The first-order valence-corrected chi connectivity index (χ1v) is 8.41. The SMILES string of the molecule is CCC(CCO)CNC(=O)Nc1ccc2ccn(CCOC)c2c1. The van der Waals surface area contributed by atoms with E-state index in [2.05, 4.69) is 28.2 Å². The van der Waals surface area contributed by atoms with Crippen molar-refractivity contribution in [3.8, 4) is 0 Å². The molecular weight excluding hydrogens is 306 g/mol. The summed E-state index contributed by atoms with van der Waals surface area (Å²) < 4.78 is 7.23. The highest BCUT2D eigenvalue weighted by Gasteiger charge is 2.09. The molecule has 1 aromatic heterocycles. The largest absolute Gasteiger partial charge is 0.396 e. The quantitative estimate of drug-likeness (QED) is 0.660. The second kappa shape index (κ2) is 9.30. The second-order valence-corrected chi connectivity index (χ2v) is 5.90. The van der Waals surface area contributed by atoms with Gasteiger partial charge < -0.3 is 25.0 Å². The van der Waals surface area contributed by atoms with Gasteiger partial charge in [-0.1, -0.05) is 19.4 Å². The van der Waals surface area contributed by atoms with E-state index >= 15 is 0 Å². The number of ether oxygens (including phenoxy) is 1. The van der Waals surface area contributed by atoms with Crippen molar-refractivity contribution < 1.29 is 14.6 Å². The van der Waals surface area contributed by atoms with Crippen LogP contribution in [0.4, 0.5) is 10.5 Å². The Balaban J connectivity index is 1.97. The highest BCUT2D eigenvalue weighted by molar-refractivity contribution is 5.92. The van der Waals surface area contributed by atoms with Gasteiger partial charge in [0.1, 0.15) is 0 Å². The molecule has 6 nitrogen and oxygen atoms in total. The number of hydrogen-bond acceptors (Lipinski definition) is 3. The average Bonchev–Trinajstić information content (AvgIpc) is 2.99. The Labute approximate surface area is 142 Å². The first-order valence-electron chi connectivity index (χ1n) is 8.41. The van der Waals surface area contributed by atoms with Crippen LogP contribution in [0.15, 0.2) is 30.5 Å². The number of amides is 2. The van der Waals surface area contributed by atoms with Crippen molar-refractivity contribution in [1.29, 1.82) is 0 Å². The van der Waals surface area contributed by atoms with Gasteiger partial charge in [-0.2, -0.15) is 0 Å². The Morgan fingerprint density at radius 2 is 2.21 bits per heavy atom. The third kappa shape index (κ3) is 4.97. The molecule has 1 atom stereocenters. The summed E-state index contributed by atoms with van der Waals surface area (Å²) in [6.45, 7) is 4.19. The Bertz CT molecular complexity index is 654. The topological polar surface area (TPSA) is 75.5 Å². The second-order valence-electron chi connectivity index (χ2n) is 5.90. The highest BCUT2D eigenvalue weighted by Crippen LogP contribution is 2.20. The lowest BCUT2D eigenvalue weighted by atomic mass is 10.0. The van der Waals surface area contributed by atoms with Crippen LogP contribution in [0.5, 0.6) is 0 Å². The fourth-order valence-corrected chi connectivity index (χ4v) is 2.69. The van der Waals surface area contributed by atoms with E-state index in [0.29, 0.717) is 25.5 Å². The summed E-state index contributed by atoms with van der Waals surface area (Å²) in [5.74, 6) is 0.300. The summed E-state index contributed by atoms with van der Waals surface area (Å²) in [7, 11) is 1.68. The van der Waals surface area contributed by atoms with Gasteiger partial charge in [0, 0.05) is 38.7 Å². The molecular formula is C18H27N3O3. The van der Waals surface area contributed by atoms with E-state index in [1.165, 1.54) is 0 Å². The number of benzene rings is 1. The zero-order valence-electron chi connectivity index (χ0n) is 14.4. The standard InChI is InChI=1S/C18H27N3O3/c1-3-14(7-10-22)13-19-18(23)20-16-5-4-15-6-8-21(9-11-24-2)17(15)12-16/h4-6,8,12,14,22H,3,7,9-11,13H2,1-2H3,(H2,19,20,23). The molecule has 1 unspecified atom stereocenters. The maximum absolute atomic E-state index is 12.1. The summed E-state index contributed by atoms with van der Waals surface area (Å²) in [5, 5.41) is 15.9. The molecule has 3 N–H and O–H groups in total. The maximum Gasteiger partial charge on any atom is 0.319 e. The monoisotopic (exact) mass is 333 g/mol. The number of aromatic nitrogens is 1. The molecule has 0 bridgehead atoms. The summed E-state index contributed by atoms with van der Waals surface area (Å²) in [4.78, 5) is 12.1. The molecule has 0 spiro atoms. The number of anilines is 1. The van der Waals surface area contributed by atoms with E-state index in [1.807, 2.05) is 24.4 Å². The lowest BCUT2D eigenvalue weighted by Gasteiger charge is -2.15. The van der Waals surface area contributed by atoms with Crippen molar-refractivity contribution in [3.05, 3.63) is 30.5 Å². The molecule has 0 aliphatic heterocycles. The van der Waals surface area contributed by atoms with Crippen molar-refractivity contribution in [1.82, 2.24) is 9.88 Å². The zero-order valence-corrected chi connectivity index (χ0v) is 14.4. The minimum atomic E-state index is -0.222. The van der Waals surface area contributed by atoms with Crippen molar-refractivity contribution >= 4 is 22.6 Å². The van der Waals surface area contributed by atoms with Crippen molar-refractivity contribution in [2.45, 2.75) is 26.3 Å². The summed E-state index contributed by atoms with van der Waals surface area (Å²) >= 11 is 0. The molecule has 1 aromatic carbocycles. The molecule has 2 rings (SSSR count). The molecule has 132 valence electrons. The first kappa shape index (κ1) is 18.3. The van der Waals surface area contributed by atoms with Gasteiger partial charge in [0.15, 0.2) is 0 Å². The van der Waals surface area contributed by atoms with Gasteiger partial charge in [0.25, 0.3) is 0 Å². The number of nitrogens with one attached hydrogen (secondary N) is 2. The third-order valence-electron chi connectivity index (χ3n) is 4.23. The van der Waals surface area contributed by atoms with Gasteiger partial charge in [-0.15, -0.1) is 0 Å². The summed E-state index contributed by atoms with van der Waals surface area (Å²) in [5.41, 5.74) is 1.82. The Morgan fingerprint density at radius 1 is 1.38 bits per heavy atom. The van der Waals surface area contributed by atoms with Crippen LogP contribution >= 0.6 is 0 Å². The number of carbonyl (C=O) groups excluding carboxylic acids is 1. The summed E-state index contributed by atoms with van der Waals surface area (Å²) in [6, 6.07) is 7.69. The molecule has 2 amide bonds. The van der Waals surface area contributed by atoms with E-state index in [4.69, 9.17) is 9.84 Å². The predicted octanol–water partition coefficient (Wildman–Crippen LogP) is 2.82. The minimum absolute atomic E-state index is 0.150. The smallest absolute Gasteiger partial charge is 0.319 e. The average molecular weight is 333 g/mol. The molecule has 6 heteroatoms. The molecule has 0 fully saturated rings. The van der Waals surface area contributed by atoms with Crippen LogP contribution in [-0.4, -0.2) is 42.6 Å². The van der Waals surface area contributed by atoms with Gasteiger partial charge in [0.05, 0.1) is 12.1 Å². The number of rotatable bonds is 9. The number of nitrogens with zero attached hydrogens (tertiary/aromatic N) is 1. The number of methoxy groups -OCH3 is 1. The van der Waals surface area contributed by atoms with Gasteiger partial charge in [-0.25, -0.2) is 4.79 Å². The molecule has 0 saturated carbocycles. The normalized spacial score (nSPS) is 12.3. The molecule has 0 saturated heterocycles. The lowest BCUT2D eigenvalue weighted by molar-refractivity contribution is 0.188. The fraction of sp³-hybridized carbons (Fsp3) is 0.500. The number of fused-ring (bicyclic) bond motifs is 1. The molecule has 0 radical (unpaired) electrons. The molecule has 0 aliphatic rings. The van der Waals surface area contributed by atoms with Crippen LogP contribution in [0, 0.1) is 5.92 Å². The van der Waals surface area contributed by atoms with Crippen molar-refractivity contribution in [3.63, 3.8) is 0 Å². The minimum Gasteiger partial charge on any atom is -0.396 e. The molecule has 24 heavy (non-hydrogen) atoms. The molecule has 0 aliphatic carbocycles. The van der Waals surface area contributed by atoms with Gasteiger partial charge in [0.2, 0.25) is 0 Å². The number of hydrogen-bond donors (Lipinski definition) is 3. The molecule has 1 heterocycles. The Kier molecular flexibility index (Phi) is 7.08. The number of urea groups is 1. The van der Waals surface area contributed by atoms with Crippen LogP contribution < -0.4 is 10.6 Å². The number of carbonyl (C=O) groups is 1. The molecule has 2 aromatic rings. The Hall–Kier alpha value is -2.05. The van der Waals surface area contributed by atoms with Crippen LogP contribution in [-0.2, 0) is 11.3 Å². The van der Waals surface area contributed by atoms with Crippen LogP contribution in [0.2, 0.25) is 0 Å². The zero-order chi connectivity index (χ0) is 17.4. The van der Waals surface area contributed by atoms with Gasteiger partial charge >= 0.3 is 6.03 Å². The predicted molar refractivity (Wildman–Crippen MR) is 96.3 cm³/mol. The summed E-state index contributed by atoms with van der Waals surface area (Å²) in [6.07, 6.45) is 3.66. The first-order chi connectivity index (χ1) is 11.7. The van der Waals surface area contributed by atoms with Crippen molar-refractivity contribution in [2.24, 2.45) is 5.92 Å². The van der Waals surface area contributed by atoms with Gasteiger partial charge in [-0.05, 0) is 35.9 Å². The van der Waals surface area contributed by atoms with Crippen LogP contribution in [0.25, 0.3) is 10.9 Å². The highest BCUT2D eigenvalue weighted by atomic mass is 16.5. The van der Waals surface area contributed by atoms with E-state index < -0.39 is 0 Å². The number of aliphatic hydroxyl groups is 1.